The smallest absolute Gasteiger partial charge is 0.171 e. The van der Waals surface area contributed by atoms with Crippen LogP contribution in [0, 0.1) is 34.0 Å². The number of hydrogen-bond acceptors (Lipinski definition) is 4. The molecule has 0 aromatic rings. The lowest BCUT2D eigenvalue weighted by Crippen LogP contribution is -2.46. The molecule has 0 spiro atoms. The Labute approximate surface area is 134 Å². The second-order valence-corrected chi connectivity index (χ2v) is 7.22. The lowest BCUT2D eigenvalue weighted by Gasteiger charge is -2.42. The maximum Gasteiger partial charge on any atom is 0.171 e. The summed E-state index contributed by atoms with van der Waals surface area (Å²) in [4.78, 5) is 0. The molecule has 0 saturated heterocycles. The minimum Gasteiger partial charge on any atom is -0.198 e. The second-order valence-electron chi connectivity index (χ2n) is 7.22. The van der Waals surface area contributed by atoms with E-state index in [1.165, 1.54) is 19.3 Å². The molecule has 0 aliphatic heterocycles. The van der Waals surface area contributed by atoms with Crippen LogP contribution < -0.4 is 0 Å². The summed E-state index contributed by atoms with van der Waals surface area (Å²) in [6.45, 7) is 4.03. The standard InChI is InChI=1S/C18H28N4/c1-3-17(2,13-19)16-11-7-8-12-18(16,14-20)22-21-15-9-5-4-6-10-15/h15-16H,3-12H2,1-2H3. The number of azo groups is 1. The highest BCUT2D eigenvalue weighted by Crippen LogP contribution is 2.48. The molecule has 0 bridgehead atoms. The van der Waals surface area contributed by atoms with Crippen LogP contribution in [0.25, 0.3) is 0 Å². The molecule has 2 fully saturated rings. The second kappa shape index (κ2) is 7.23. The maximum atomic E-state index is 9.88. The Balaban J connectivity index is 2.25. The molecule has 2 aliphatic carbocycles. The molecule has 4 heteroatoms. The summed E-state index contributed by atoms with van der Waals surface area (Å²) < 4.78 is 0. The van der Waals surface area contributed by atoms with Gasteiger partial charge in [0.05, 0.1) is 23.6 Å². The van der Waals surface area contributed by atoms with Crippen molar-refractivity contribution in [2.75, 3.05) is 0 Å². The predicted octanol–water partition coefficient (Wildman–Crippen LogP) is 5.16. The molecular weight excluding hydrogens is 272 g/mol. The van der Waals surface area contributed by atoms with Gasteiger partial charge in [-0.15, -0.1) is 0 Å². The Morgan fingerprint density at radius 3 is 2.36 bits per heavy atom. The molecule has 0 aromatic heterocycles. The van der Waals surface area contributed by atoms with Crippen molar-refractivity contribution in [3.05, 3.63) is 0 Å². The number of nitriles is 2. The molecule has 0 N–H and O–H groups in total. The minimum atomic E-state index is -0.782. The number of rotatable bonds is 4. The zero-order chi connectivity index (χ0) is 16.1. The van der Waals surface area contributed by atoms with E-state index in [1.54, 1.807) is 0 Å². The van der Waals surface area contributed by atoms with Gasteiger partial charge in [-0.25, -0.2) is 0 Å². The quantitative estimate of drug-likeness (QED) is 0.672. The fourth-order valence-corrected chi connectivity index (χ4v) is 4.06. The highest BCUT2D eigenvalue weighted by Gasteiger charge is 2.50. The van der Waals surface area contributed by atoms with Gasteiger partial charge in [-0.2, -0.15) is 20.8 Å². The van der Waals surface area contributed by atoms with E-state index >= 15 is 0 Å². The molecule has 0 amide bonds. The SMILES string of the molecule is CCC(C)(C#N)C1CCCCC1(C#N)N=NC1CCCCC1. The highest BCUT2D eigenvalue weighted by molar-refractivity contribution is 5.19. The predicted molar refractivity (Wildman–Crippen MR) is 86.0 cm³/mol. The summed E-state index contributed by atoms with van der Waals surface area (Å²) in [6.07, 6.45) is 10.4. The van der Waals surface area contributed by atoms with E-state index in [2.05, 4.69) is 22.4 Å². The Morgan fingerprint density at radius 2 is 1.77 bits per heavy atom. The van der Waals surface area contributed by atoms with Gasteiger partial charge < -0.3 is 0 Å². The highest BCUT2D eigenvalue weighted by atomic mass is 15.2. The Bertz CT molecular complexity index is 480. The van der Waals surface area contributed by atoms with Gasteiger partial charge in [-0.1, -0.05) is 32.6 Å². The lowest BCUT2D eigenvalue weighted by atomic mass is 9.61. The van der Waals surface area contributed by atoms with Crippen molar-refractivity contribution in [2.24, 2.45) is 21.6 Å². The first-order chi connectivity index (χ1) is 10.6. The average Bonchev–Trinajstić information content (AvgIpc) is 2.60. The molecule has 4 nitrogen and oxygen atoms in total. The van der Waals surface area contributed by atoms with E-state index in [9.17, 15) is 10.5 Å². The molecule has 120 valence electrons. The molecule has 0 radical (unpaired) electrons. The summed E-state index contributed by atoms with van der Waals surface area (Å²) in [5.74, 6) is 0.00101. The summed E-state index contributed by atoms with van der Waals surface area (Å²) in [7, 11) is 0. The van der Waals surface area contributed by atoms with Crippen LogP contribution in [-0.2, 0) is 0 Å². The van der Waals surface area contributed by atoms with Crippen LogP contribution in [0.4, 0.5) is 0 Å². The van der Waals surface area contributed by atoms with Crippen LogP contribution in [0.15, 0.2) is 10.2 Å². The van der Waals surface area contributed by atoms with Gasteiger partial charge in [0, 0.05) is 5.92 Å². The van der Waals surface area contributed by atoms with Gasteiger partial charge in [0.1, 0.15) is 0 Å². The van der Waals surface area contributed by atoms with Crippen molar-refractivity contribution < 1.29 is 0 Å². The first-order valence-corrected chi connectivity index (χ1v) is 8.85. The topological polar surface area (TPSA) is 72.3 Å². The van der Waals surface area contributed by atoms with Gasteiger partial charge >= 0.3 is 0 Å². The van der Waals surface area contributed by atoms with E-state index in [0.717, 1.165) is 44.9 Å². The van der Waals surface area contributed by atoms with E-state index in [4.69, 9.17) is 0 Å². The summed E-state index contributed by atoms with van der Waals surface area (Å²) in [6, 6.07) is 5.23. The fourth-order valence-electron chi connectivity index (χ4n) is 4.06. The molecule has 3 unspecified atom stereocenters. The van der Waals surface area contributed by atoms with Gasteiger partial charge in [-0.05, 0) is 45.4 Å². The summed E-state index contributed by atoms with van der Waals surface area (Å²) in [5.41, 5.74) is -1.27. The van der Waals surface area contributed by atoms with Crippen LogP contribution in [0.2, 0.25) is 0 Å². The third-order valence-electron chi connectivity index (χ3n) is 5.80. The maximum absolute atomic E-state index is 9.88. The monoisotopic (exact) mass is 300 g/mol. The van der Waals surface area contributed by atoms with Crippen LogP contribution >= 0.6 is 0 Å². The van der Waals surface area contributed by atoms with Crippen molar-refractivity contribution >= 4 is 0 Å². The van der Waals surface area contributed by atoms with E-state index < -0.39 is 11.0 Å². The molecule has 0 heterocycles. The van der Waals surface area contributed by atoms with Crippen molar-refractivity contribution in [2.45, 2.75) is 89.6 Å². The molecular formula is C18H28N4. The van der Waals surface area contributed by atoms with Gasteiger partial charge in [0.2, 0.25) is 0 Å². The fraction of sp³-hybridized carbons (Fsp3) is 0.889. The number of nitrogens with zero attached hydrogens (tertiary/aromatic N) is 4. The van der Waals surface area contributed by atoms with Crippen LogP contribution in [-0.4, -0.2) is 11.6 Å². The third-order valence-corrected chi connectivity index (χ3v) is 5.80. The van der Waals surface area contributed by atoms with Gasteiger partial charge in [0.25, 0.3) is 0 Å². The third kappa shape index (κ3) is 3.32. The van der Waals surface area contributed by atoms with Crippen molar-refractivity contribution in [1.29, 1.82) is 10.5 Å². The molecule has 0 aromatic carbocycles. The van der Waals surface area contributed by atoms with Gasteiger partial charge in [-0.3, -0.25) is 0 Å². The lowest BCUT2D eigenvalue weighted by molar-refractivity contribution is 0.119. The Kier molecular flexibility index (Phi) is 5.57. The van der Waals surface area contributed by atoms with Gasteiger partial charge in [0.15, 0.2) is 5.54 Å². The van der Waals surface area contributed by atoms with Crippen LogP contribution in [0.3, 0.4) is 0 Å². The number of hydrogen-bond donors (Lipinski definition) is 0. The average molecular weight is 300 g/mol. The van der Waals surface area contributed by atoms with Crippen LogP contribution in [0.5, 0.6) is 0 Å². The van der Waals surface area contributed by atoms with Crippen molar-refractivity contribution in [3.8, 4) is 12.1 Å². The van der Waals surface area contributed by atoms with Crippen molar-refractivity contribution in [1.82, 2.24) is 0 Å². The molecule has 3 atom stereocenters. The summed E-state index contributed by atoms with van der Waals surface area (Å²) >= 11 is 0. The first kappa shape index (κ1) is 16.9. The largest absolute Gasteiger partial charge is 0.198 e. The normalized spacial score (nSPS) is 33.0. The molecule has 2 rings (SSSR count). The first-order valence-electron chi connectivity index (χ1n) is 8.85. The summed E-state index contributed by atoms with van der Waals surface area (Å²) in [5, 5.41) is 28.7. The molecule has 2 saturated carbocycles. The van der Waals surface area contributed by atoms with Crippen LogP contribution in [0.1, 0.15) is 78.1 Å². The Hall–Kier alpha value is -1.42. The zero-order valence-electron chi connectivity index (χ0n) is 14.0. The Morgan fingerprint density at radius 1 is 1.09 bits per heavy atom. The van der Waals surface area contributed by atoms with E-state index in [0.29, 0.717) is 0 Å². The van der Waals surface area contributed by atoms with Crippen molar-refractivity contribution in [3.63, 3.8) is 0 Å². The molecule has 22 heavy (non-hydrogen) atoms. The van der Waals surface area contributed by atoms with E-state index in [-0.39, 0.29) is 12.0 Å². The zero-order valence-corrected chi connectivity index (χ0v) is 14.0. The minimum absolute atomic E-state index is 0.00101. The van der Waals surface area contributed by atoms with E-state index in [1.807, 2.05) is 13.8 Å². The molecule has 2 aliphatic rings.